The van der Waals surface area contributed by atoms with E-state index in [1.807, 2.05) is 6.21 Å². The van der Waals surface area contributed by atoms with Crippen LogP contribution in [0.4, 0.5) is 0 Å². The van der Waals surface area contributed by atoms with E-state index in [1.54, 1.807) is 0 Å². The highest BCUT2D eigenvalue weighted by molar-refractivity contribution is 5.66. The molecule has 0 aromatic rings. The second kappa shape index (κ2) is 2.27. The van der Waals surface area contributed by atoms with E-state index >= 15 is 0 Å². The van der Waals surface area contributed by atoms with Gasteiger partial charge in [0.1, 0.15) is 0 Å². The largest absolute Gasteiger partial charge is 0.301 e. The van der Waals surface area contributed by atoms with Crippen LogP contribution in [0.3, 0.4) is 0 Å². The fourth-order valence-corrected chi connectivity index (χ4v) is 0.869. The molecule has 0 saturated carbocycles. The van der Waals surface area contributed by atoms with Crippen LogP contribution < -0.4 is 0 Å². The molecule has 46 valence electrons. The molecule has 0 aromatic heterocycles. The average molecular weight is 112 g/mol. The van der Waals surface area contributed by atoms with Crippen LogP contribution in [-0.4, -0.2) is 37.8 Å². The zero-order chi connectivity index (χ0) is 5.98. The Hall–Kier alpha value is -0.370. The van der Waals surface area contributed by atoms with Crippen molar-refractivity contribution >= 4 is 6.21 Å². The summed E-state index contributed by atoms with van der Waals surface area (Å²) < 4.78 is 0. The summed E-state index contributed by atoms with van der Waals surface area (Å²) in [6.07, 6.45) is 3.23. The Kier molecular flexibility index (Phi) is 1.63. The van der Waals surface area contributed by atoms with E-state index in [0.717, 1.165) is 6.54 Å². The van der Waals surface area contributed by atoms with Gasteiger partial charge in [-0.3, -0.25) is 4.99 Å². The molecule has 1 unspecified atom stereocenters. The first-order chi connectivity index (χ1) is 3.80. The van der Waals surface area contributed by atoms with E-state index in [1.165, 1.54) is 6.42 Å². The molecule has 1 heterocycles. The van der Waals surface area contributed by atoms with Crippen LogP contribution >= 0.6 is 0 Å². The highest BCUT2D eigenvalue weighted by atomic mass is 15.1. The second-order valence-electron chi connectivity index (χ2n) is 2.37. The molecule has 0 spiro atoms. The van der Waals surface area contributed by atoms with Crippen molar-refractivity contribution in [2.24, 2.45) is 4.99 Å². The summed E-state index contributed by atoms with van der Waals surface area (Å²) >= 11 is 0. The molecule has 1 atom stereocenters. The van der Waals surface area contributed by atoms with Gasteiger partial charge in [-0.2, -0.15) is 0 Å². The smallest absolute Gasteiger partial charge is 0.0458 e. The van der Waals surface area contributed by atoms with Crippen LogP contribution in [0.5, 0.6) is 0 Å². The molecule has 0 amide bonds. The summed E-state index contributed by atoms with van der Waals surface area (Å²) in [6.45, 7) is 1.02. The van der Waals surface area contributed by atoms with Crippen molar-refractivity contribution in [2.75, 3.05) is 20.6 Å². The number of rotatable bonds is 1. The lowest BCUT2D eigenvalue weighted by Gasteiger charge is -2.14. The lowest BCUT2D eigenvalue weighted by Crippen LogP contribution is -2.26. The number of nitrogens with zero attached hydrogens (tertiary/aromatic N) is 2. The molecule has 8 heavy (non-hydrogen) atoms. The zero-order valence-corrected chi connectivity index (χ0v) is 5.46. The van der Waals surface area contributed by atoms with Crippen molar-refractivity contribution < 1.29 is 0 Å². The van der Waals surface area contributed by atoms with Gasteiger partial charge in [-0.05, 0) is 20.5 Å². The number of aliphatic imine (C=N–C) groups is 1. The summed E-state index contributed by atoms with van der Waals surface area (Å²) in [4.78, 5) is 6.31. The predicted molar refractivity (Wildman–Crippen MR) is 35.5 cm³/mol. The molecule has 0 aliphatic carbocycles. The van der Waals surface area contributed by atoms with Crippen LogP contribution in [0.25, 0.3) is 0 Å². The summed E-state index contributed by atoms with van der Waals surface area (Å²) in [5, 5.41) is 0. The fourth-order valence-electron chi connectivity index (χ4n) is 0.869. The van der Waals surface area contributed by atoms with Crippen molar-refractivity contribution in [1.82, 2.24) is 4.90 Å². The van der Waals surface area contributed by atoms with Gasteiger partial charge in [-0.25, -0.2) is 0 Å². The van der Waals surface area contributed by atoms with Crippen LogP contribution in [-0.2, 0) is 0 Å². The molecule has 0 fully saturated rings. The number of hydrogen-bond donors (Lipinski definition) is 0. The van der Waals surface area contributed by atoms with Gasteiger partial charge in [0.05, 0.1) is 0 Å². The summed E-state index contributed by atoms with van der Waals surface area (Å²) in [5.74, 6) is 0. The Morgan fingerprint density at radius 3 is 2.62 bits per heavy atom. The number of hydrogen-bond acceptors (Lipinski definition) is 2. The second-order valence-corrected chi connectivity index (χ2v) is 2.37. The van der Waals surface area contributed by atoms with Gasteiger partial charge >= 0.3 is 0 Å². The summed E-state index contributed by atoms with van der Waals surface area (Å²) in [7, 11) is 4.17. The van der Waals surface area contributed by atoms with Gasteiger partial charge in [0.2, 0.25) is 0 Å². The molecular weight excluding hydrogens is 100 g/mol. The van der Waals surface area contributed by atoms with E-state index in [-0.39, 0.29) is 0 Å². The van der Waals surface area contributed by atoms with Crippen molar-refractivity contribution in [3.8, 4) is 0 Å². The molecule has 1 aliphatic rings. The maximum Gasteiger partial charge on any atom is 0.0458 e. The maximum absolute atomic E-state index is 4.12. The van der Waals surface area contributed by atoms with Gasteiger partial charge in [0, 0.05) is 18.8 Å². The van der Waals surface area contributed by atoms with Crippen LogP contribution in [0.15, 0.2) is 4.99 Å². The van der Waals surface area contributed by atoms with Gasteiger partial charge in [-0.15, -0.1) is 0 Å². The topological polar surface area (TPSA) is 15.6 Å². The van der Waals surface area contributed by atoms with Gasteiger partial charge in [0.25, 0.3) is 0 Å². The Bertz CT molecular complexity index is 96.7. The third kappa shape index (κ3) is 1.07. The van der Waals surface area contributed by atoms with E-state index < -0.39 is 0 Å². The molecule has 2 nitrogen and oxygen atoms in total. The Labute approximate surface area is 50.2 Å². The van der Waals surface area contributed by atoms with Crippen molar-refractivity contribution in [1.29, 1.82) is 0 Å². The summed E-state index contributed by atoms with van der Waals surface area (Å²) in [6, 6.07) is 0.606. The highest BCUT2D eigenvalue weighted by Gasteiger charge is 2.10. The van der Waals surface area contributed by atoms with E-state index in [2.05, 4.69) is 24.0 Å². The molecule has 0 bridgehead atoms. The lowest BCUT2D eigenvalue weighted by atomic mass is 10.2. The summed E-state index contributed by atoms with van der Waals surface area (Å²) in [5.41, 5.74) is 0. The van der Waals surface area contributed by atoms with E-state index in [9.17, 15) is 0 Å². The third-order valence-corrected chi connectivity index (χ3v) is 1.49. The molecule has 0 radical (unpaired) electrons. The van der Waals surface area contributed by atoms with Crippen molar-refractivity contribution in [3.63, 3.8) is 0 Å². The van der Waals surface area contributed by atoms with E-state index in [0.29, 0.717) is 6.04 Å². The molecule has 0 N–H and O–H groups in total. The van der Waals surface area contributed by atoms with Crippen molar-refractivity contribution in [2.45, 2.75) is 12.5 Å². The SMILES string of the molecule is CN(C)C1C=NCC1. The lowest BCUT2D eigenvalue weighted by molar-refractivity contribution is 0.364. The molecule has 0 aromatic carbocycles. The minimum Gasteiger partial charge on any atom is -0.301 e. The average Bonchev–Trinajstić information content (AvgIpc) is 2.12. The third-order valence-electron chi connectivity index (χ3n) is 1.49. The molecule has 1 rings (SSSR count). The monoisotopic (exact) mass is 112 g/mol. The Morgan fingerprint density at radius 1 is 1.62 bits per heavy atom. The molecule has 2 heteroatoms. The van der Waals surface area contributed by atoms with E-state index in [4.69, 9.17) is 0 Å². The maximum atomic E-state index is 4.12. The van der Waals surface area contributed by atoms with Gasteiger partial charge < -0.3 is 4.90 Å². The van der Waals surface area contributed by atoms with Crippen LogP contribution in [0, 0.1) is 0 Å². The highest BCUT2D eigenvalue weighted by Crippen LogP contribution is 2.02. The Balaban J connectivity index is 2.36. The predicted octanol–water partition coefficient (Wildman–Crippen LogP) is 0.391. The first-order valence-corrected chi connectivity index (χ1v) is 2.97. The molecule has 0 saturated heterocycles. The first kappa shape index (κ1) is 5.76. The quantitative estimate of drug-likeness (QED) is 0.479. The Morgan fingerprint density at radius 2 is 2.38 bits per heavy atom. The van der Waals surface area contributed by atoms with Crippen molar-refractivity contribution in [3.05, 3.63) is 0 Å². The van der Waals surface area contributed by atoms with Gasteiger partial charge in [-0.1, -0.05) is 0 Å². The standard InChI is InChI=1S/C6H12N2/c1-8(2)6-3-4-7-5-6/h5-6H,3-4H2,1-2H3. The molecule has 1 aliphatic heterocycles. The van der Waals surface area contributed by atoms with Crippen LogP contribution in [0.2, 0.25) is 0 Å². The normalized spacial score (nSPS) is 27.6. The zero-order valence-electron chi connectivity index (χ0n) is 5.46. The first-order valence-electron chi connectivity index (χ1n) is 2.97. The molecular formula is C6H12N2. The minimum absolute atomic E-state index is 0.606. The fraction of sp³-hybridized carbons (Fsp3) is 0.833. The minimum atomic E-state index is 0.606. The van der Waals surface area contributed by atoms with Gasteiger partial charge in [0.15, 0.2) is 0 Å². The van der Waals surface area contributed by atoms with Crippen LogP contribution in [0.1, 0.15) is 6.42 Å².